The van der Waals surface area contributed by atoms with E-state index >= 15 is 0 Å². The van der Waals surface area contributed by atoms with Crippen LogP contribution in [0.5, 0.6) is 0 Å². The summed E-state index contributed by atoms with van der Waals surface area (Å²) in [6, 6.07) is 0. The van der Waals surface area contributed by atoms with Crippen molar-refractivity contribution in [2.75, 3.05) is 19.7 Å². The highest BCUT2D eigenvalue weighted by Gasteiger charge is 2.46. The predicted molar refractivity (Wildman–Crippen MR) is 68.1 cm³/mol. The molecular weight excluding hydrogens is 214 g/mol. The van der Waals surface area contributed by atoms with Crippen molar-refractivity contribution in [3.05, 3.63) is 0 Å². The van der Waals surface area contributed by atoms with Crippen LogP contribution in [-0.4, -0.2) is 42.0 Å². The largest absolute Gasteiger partial charge is 0.371 e. The number of carbonyl (C=O) groups excluding carboxylic acids is 1. The van der Waals surface area contributed by atoms with E-state index in [1.807, 2.05) is 13.8 Å². The number of likely N-dealkylation sites (tertiary alicyclic amines) is 1. The molecule has 0 spiro atoms. The topological polar surface area (TPSA) is 29.5 Å². The van der Waals surface area contributed by atoms with Crippen LogP contribution < -0.4 is 0 Å². The highest BCUT2D eigenvalue weighted by Crippen LogP contribution is 2.38. The fraction of sp³-hybridized carbons (Fsp3) is 0.929. The second-order valence-corrected chi connectivity index (χ2v) is 5.72. The molecule has 17 heavy (non-hydrogen) atoms. The monoisotopic (exact) mass is 239 g/mol. The normalized spacial score (nSPS) is 24.6. The Morgan fingerprint density at radius 2 is 1.76 bits per heavy atom. The summed E-state index contributed by atoms with van der Waals surface area (Å²) in [7, 11) is 0. The van der Waals surface area contributed by atoms with Crippen LogP contribution in [0.15, 0.2) is 0 Å². The van der Waals surface area contributed by atoms with Gasteiger partial charge in [0, 0.05) is 0 Å². The van der Waals surface area contributed by atoms with Gasteiger partial charge < -0.3 is 4.74 Å². The van der Waals surface area contributed by atoms with Crippen LogP contribution in [0.1, 0.15) is 52.4 Å². The highest BCUT2D eigenvalue weighted by atomic mass is 16.5. The number of Topliss-reactive ketones (excluding diaryl/α,β-unsaturated/α-hetero) is 1. The molecule has 1 saturated carbocycles. The Kier molecular flexibility index (Phi) is 4.21. The fourth-order valence-electron chi connectivity index (χ4n) is 3.25. The van der Waals surface area contributed by atoms with Gasteiger partial charge in [0.1, 0.15) is 6.61 Å². The van der Waals surface area contributed by atoms with E-state index in [1.54, 1.807) is 0 Å². The molecule has 3 heteroatoms. The minimum atomic E-state index is -0.161. The maximum atomic E-state index is 12.5. The van der Waals surface area contributed by atoms with Crippen LogP contribution >= 0.6 is 0 Å². The summed E-state index contributed by atoms with van der Waals surface area (Å²) in [5.74, 6) is 0.325. The molecule has 98 valence electrons. The molecule has 0 aromatic heterocycles. The Balaban J connectivity index is 2.02. The van der Waals surface area contributed by atoms with Gasteiger partial charge in [-0.05, 0) is 52.6 Å². The first-order valence-corrected chi connectivity index (χ1v) is 7.05. The van der Waals surface area contributed by atoms with Crippen molar-refractivity contribution in [1.29, 1.82) is 0 Å². The minimum absolute atomic E-state index is 0.149. The molecule has 0 bridgehead atoms. The second-order valence-electron chi connectivity index (χ2n) is 5.72. The molecule has 2 rings (SSSR count). The molecule has 1 heterocycles. The lowest BCUT2D eigenvalue weighted by atomic mass is 9.90. The molecule has 0 aromatic rings. The van der Waals surface area contributed by atoms with Gasteiger partial charge in [0.05, 0.1) is 11.6 Å². The summed E-state index contributed by atoms with van der Waals surface area (Å²) >= 11 is 0. The summed E-state index contributed by atoms with van der Waals surface area (Å²) in [5, 5.41) is 0. The van der Waals surface area contributed by atoms with E-state index in [-0.39, 0.29) is 11.6 Å². The number of hydrogen-bond acceptors (Lipinski definition) is 3. The number of ether oxygens (including phenoxy) is 1. The van der Waals surface area contributed by atoms with Gasteiger partial charge in [-0.1, -0.05) is 12.8 Å². The minimum Gasteiger partial charge on any atom is -0.371 e. The van der Waals surface area contributed by atoms with Gasteiger partial charge in [-0.3, -0.25) is 9.69 Å². The van der Waals surface area contributed by atoms with Gasteiger partial charge >= 0.3 is 0 Å². The van der Waals surface area contributed by atoms with Crippen molar-refractivity contribution in [3.8, 4) is 0 Å². The molecule has 1 aliphatic carbocycles. The molecule has 1 saturated heterocycles. The maximum absolute atomic E-state index is 12.5. The third-order valence-electron chi connectivity index (χ3n) is 4.21. The van der Waals surface area contributed by atoms with Crippen LogP contribution in [0.25, 0.3) is 0 Å². The zero-order valence-corrected chi connectivity index (χ0v) is 11.2. The smallest absolute Gasteiger partial charge is 0.178 e. The van der Waals surface area contributed by atoms with Crippen LogP contribution in [-0.2, 0) is 9.53 Å². The summed E-state index contributed by atoms with van der Waals surface area (Å²) in [6.45, 7) is 6.49. The van der Waals surface area contributed by atoms with Crippen LogP contribution in [0.4, 0.5) is 0 Å². The zero-order chi connectivity index (χ0) is 12.3. The number of hydrogen-bond donors (Lipinski definition) is 0. The van der Waals surface area contributed by atoms with E-state index < -0.39 is 0 Å². The predicted octanol–water partition coefficient (Wildman–Crippen LogP) is 2.39. The van der Waals surface area contributed by atoms with Gasteiger partial charge in [0.2, 0.25) is 0 Å². The summed E-state index contributed by atoms with van der Waals surface area (Å²) in [5.41, 5.74) is -0.161. The zero-order valence-electron chi connectivity index (χ0n) is 11.2. The molecule has 3 nitrogen and oxygen atoms in total. The van der Waals surface area contributed by atoms with Gasteiger partial charge in [-0.25, -0.2) is 0 Å². The number of ketones is 1. The molecule has 2 fully saturated rings. The van der Waals surface area contributed by atoms with Gasteiger partial charge in [-0.2, -0.15) is 0 Å². The molecule has 0 unspecified atom stereocenters. The highest BCUT2D eigenvalue weighted by molar-refractivity contribution is 5.90. The maximum Gasteiger partial charge on any atom is 0.178 e. The average Bonchev–Trinajstić information content (AvgIpc) is 2.95. The first-order chi connectivity index (χ1) is 8.15. The standard InChI is InChI=1S/C14H25NO2/c1-12(2)17-11-13(16)14(7-3-4-8-14)15-9-5-6-10-15/h12H,3-11H2,1-2H3. The molecule has 0 amide bonds. The first kappa shape index (κ1) is 13.0. The molecule has 1 aliphatic heterocycles. The van der Waals surface area contributed by atoms with Crippen molar-refractivity contribution >= 4 is 5.78 Å². The van der Waals surface area contributed by atoms with Gasteiger partial charge in [0.25, 0.3) is 0 Å². The Morgan fingerprint density at radius 1 is 1.18 bits per heavy atom. The quantitative estimate of drug-likeness (QED) is 0.738. The van der Waals surface area contributed by atoms with Crippen molar-refractivity contribution in [2.45, 2.75) is 64.0 Å². The lowest BCUT2D eigenvalue weighted by Gasteiger charge is -2.37. The van der Waals surface area contributed by atoms with E-state index in [9.17, 15) is 4.79 Å². The Morgan fingerprint density at radius 3 is 2.29 bits per heavy atom. The lowest BCUT2D eigenvalue weighted by molar-refractivity contribution is -0.136. The third-order valence-corrected chi connectivity index (χ3v) is 4.21. The Labute approximate surface area is 105 Å². The summed E-state index contributed by atoms with van der Waals surface area (Å²) in [4.78, 5) is 14.9. The number of nitrogens with zero attached hydrogens (tertiary/aromatic N) is 1. The number of carbonyl (C=O) groups is 1. The molecular formula is C14H25NO2. The van der Waals surface area contributed by atoms with E-state index in [0.717, 1.165) is 25.9 Å². The van der Waals surface area contributed by atoms with Crippen LogP contribution in [0.2, 0.25) is 0 Å². The summed E-state index contributed by atoms with van der Waals surface area (Å²) in [6.07, 6.45) is 7.14. The molecule has 2 aliphatic rings. The third kappa shape index (κ3) is 2.71. The van der Waals surface area contributed by atoms with E-state index in [4.69, 9.17) is 4.74 Å². The molecule has 0 radical (unpaired) electrons. The van der Waals surface area contributed by atoms with Crippen molar-refractivity contribution in [2.24, 2.45) is 0 Å². The van der Waals surface area contributed by atoms with E-state index in [1.165, 1.54) is 25.7 Å². The SMILES string of the molecule is CC(C)OCC(=O)C1(N2CCCC2)CCCC1. The Hall–Kier alpha value is -0.410. The van der Waals surface area contributed by atoms with Gasteiger partial charge in [-0.15, -0.1) is 0 Å². The molecule has 0 N–H and O–H groups in total. The number of rotatable bonds is 5. The van der Waals surface area contributed by atoms with E-state index in [2.05, 4.69) is 4.90 Å². The lowest BCUT2D eigenvalue weighted by Crippen LogP contribution is -2.53. The average molecular weight is 239 g/mol. The van der Waals surface area contributed by atoms with Crippen molar-refractivity contribution < 1.29 is 9.53 Å². The van der Waals surface area contributed by atoms with E-state index in [0.29, 0.717) is 12.4 Å². The van der Waals surface area contributed by atoms with Crippen molar-refractivity contribution in [3.63, 3.8) is 0 Å². The van der Waals surface area contributed by atoms with Crippen LogP contribution in [0, 0.1) is 0 Å². The first-order valence-electron chi connectivity index (χ1n) is 7.05. The second kappa shape index (κ2) is 5.49. The molecule has 0 atom stereocenters. The molecule has 0 aromatic carbocycles. The fourth-order valence-corrected chi connectivity index (χ4v) is 3.25. The Bertz CT molecular complexity index is 263. The van der Waals surface area contributed by atoms with Crippen molar-refractivity contribution in [1.82, 2.24) is 4.90 Å². The summed E-state index contributed by atoms with van der Waals surface area (Å²) < 4.78 is 5.52. The van der Waals surface area contributed by atoms with Crippen LogP contribution in [0.3, 0.4) is 0 Å². The van der Waals surface area contributed by atoms with Gasteiger partial charge in [0.15, 0.2) is 5.78 Å².